The van der Waals surface area contributed by atoms with Crippen molar-refractivity contribution in [1.82, 2.24) is 10.2 Å². The molecule has 2 aromatic rings. The number of fused-ring (bicyclic) bond motifs is 1. The highest BCUT2D eigenvalue weighted by Gasteiger charge is 2.34. The molecule has 2 fully saturated rings. The number of nitrogens with zero attached hydrogens (tertiary/aromatic N) is 3. The number of amides is 3. The molecule has 1 saturated heterocycles. The van der Waals surface area contributed by atoms with E-state index in [4.69, 9.17) is 4.74 Å². The maximum atomic E-state index is 13.2. The average molecular weight is 527 g/mol. The number of aliphatic imine (C=N–C) groups is 1. The predicted molar refractivity (Wildman–Crippen MR) is 135 cm³/mol. The summed E-state index contributed by atoms with van der Waals surface area (Å²) in [5, 5.41) is 2.87. The van der Waals surface area contributed by atoms with Crippen LogP contribution in [0.25, 0.3) is 0 Å². The summed E-state index contributed by atoms with van der Waals surface area (Å²) in [5.41, 5.74) is 2.65. The molecule has 1 N–H and O–H groups in total. The van der Waals surface area contributed by atoms with Gasteiger partial charge in [0, 0.05) is 56.6 Å². The summed E-state index contributed by atoms with van der Waals surface area (Å²) in [6, 6.07) is 9.24. The molecule has 5 rings (SSSR count). The molecule has 200 valence electrons. The zero-order chi connectivity index (χ0) is 26.8. The van der Waals surface area contributed by atoms with Crippen molar-refractivity contribution in [3.8, 4) is 11.5 Å². The number of rotatable bonds is 9. The zero-order valence-electron chi connectivity index (χ0n) is 20.9. The first-order chi connectivity index (χ1) is 18.3. The number of ether oxygens (including phenoxy) is 2. The van der Waals surface area contributed by atoms with Crippen LogP contribution in [0.15, 0.2) is 41.4 Å². The van der Waals surface area contributed by atoms with E-state index in [1.54, 1.807) is 24.3 Å². The zero-order valence-corrected chi connectivity index (χ0v) is 20.9. The van der Waals surface area contributed by atoms with Gasteiger partial charge in [0.05, 0.1) is 12.2 Å². The van der Waals surface area contributed by atoms with Crippen LogP contribution in [0.5, 0.6) is 11.5 Å². The number of alkyl halides is 2. The number of anilines is 1. The van der Waals surface area contributed by atoms with E-state index in [0.717, 1.165) is 24.0 Å². The highest BCUT2D eigenvalue weighted by molar-refractivity contribution is 6.12. The average Bonchev–Trinajstić information content (AvgIpc) is 3.67. The van der Waals surface area contributed by atoms with Crippen molar-refractivity contribution in [2.75, 3.05) is 31.1 Å². The number of benzene rings is 2. The van der Waals surface area contributed by atoms with Gasteiger partial charge in [-0.15, -0.1) is 0 Å². The molecular weight excluding hydrogens is 498 g/mol. The molecule has 0 radical (unpaired) electrons. The number of hydrogen-bond donors (Lipinski definition) is 1. The summed E-state index contributed by atoms with van der Waals surface area (Å²) in [5.74, 6) is -0.278. The Labute approximate surface area is 218 Å². The van der Waals surface area contributed by atoms with Gasteiger partial charge in [-0.25, -0.2) is 4.99 Å². The van der Waals surface area contributed by atoms with Gasteiger partial charge in [-0.1, -0.05) is 12.1 Å². The maximum Gasteiger partial charge on any atom is 0.387 e. The molecule has 1 saturated carbocycles. The minimum absolute atomic E-state index is 0.0423. The second-order valence-electron chi connectivity index (χ2n) is 9.64. The van der Waals surface area contributed by atoms with Crippen LogP contribution in [0.3, 0.4) is 0 Å². The molecule has 2 heterocycles. The van der Waals surface area contributed by atoms with E-state index in [0.29, 0.717) is 36.9 Å². The van der Waals surface area contributed by atoms with Crippen LogP contribution in [0.1, 0.15) is 41.3 Å². The Kier molecular flexibility index (Phi) is 7.26. The molecule has 0 bridgehead atoms. The van der Waals surface area contributed by atoms with Crippen LogP contribution in [-0.4, -0.2) is 67.7 Å². The van der Waals surface area contributed by atoms with Gasteiger partial charge in [0.15, 0.2) is 11.5 Å². The number of piperazine rings is 1. The lowest BCUT2D eigenvalue weighted by Gasteiger charge is -2.41. The molecule has 0 spiro atoms. The molecule has 0 aromatic heterocycles. The largest absolute Gasteiger partial charge is 0.489 e. The molecule has 9 nitrogen and oxygen atoms in total. The number of nitrogens with one attached hydrogen (secondary N) is 1. The topological polar surface area (TPSA) is 101 Å². The van der Waals surface area contributed by atoms with Crippen LogP contribution < -0.4 is 19.7 Å². The van der Waals surface area contributed by atoms with Crippen LogP contribution >= 0.6 is 0 Å². The van der Waals surface area contributed by atoms with Crippen LogP contribution in [0.4, 0.5) is 14.5 Å². The lowest BCUT2D eigenvalue weighted by Crippen LogP contribution is -2.60. The first-order valence-corrected chi connectivity index (χ1v) is 12.5. The van der Waals surface area contributed by atoms with E-state index >= 15 is 0 Å². The van der Waals surface area contributed by atoms with Crippen molar-refractivity contribution < 1.29 is 32.6 Å². The molecule has 3 aliphatic rings. The monoisotopic (exact) mass is 526 g/mol. The van der Waals surface area contributed by atoms with Crippen molar-refractivity contribution in [1.29, 1.82) is 0 Å². The van der Waals surface area contributed by atoms with Gasteiger partial charge < -0.3 is 24.6 Å². The minimum Gasteiger partial charge on any atom is -0.489 e. The van der Waals surface area contributed by atoms with Crippen LogP contribution in [0, 0.1) is 5.92 Å². The van der Waals surface area contributed by atoms with E-state index in [-0.39, 0.29) is 42.3 Å². The summed E-state index contributed by atoms with van der Waals surface area (Å²) in [7, 11) is 0. The summed E-state index contributed by atoms with van der Waals surface area (Å²) in [6.45, 7) is 0.0145. The third-order valence-electron chi connectivity index (χ3n) is 6.90. The van der Waals surface area contributed by atoms with Gasteiger partial charge in [0.2, 0.25) is 11.8 Å². The molecule has 2 aromatic carbocycles. The Morgan fingerprint density at radius 3 is 2.68 bits per heavy atom. The number of carbonyl (C=O) groups excluding carboxylic acids is 3. The van der Waals surface area contributed by atoms with Crippen molar-refractivity contribution in [2.45, 2.75) is 39.0 Å². The third kappa shape index (κ3) is 5.76. The smallest absolute Gasteiger partial charge is 0.387 e. The van der Waals surface area contributed by atoms with E-state index < -0.39 is 12.7 Å². The van der Waals surface area contributed by atoms with Gasteiger partial charge in [0.25, 0.3) is 5.91 Å². The number of hydrogen-bond acceptors (Lipinski definition) is 6. The Hall–Kier alpha value is -4.02. The Morgan fingerprint density at radius 1 is 1.13 bits per heavy atom. The molecule has 1 aliphatic carbocycles. The number of carbonyl (C=O) groups is 3. The second kappa shape index (κ2) is 10.8. The van der Waals surface area contributed by atoms with Gasteiger partial charge >= 0.3 is 6.61 Å². The summed E-state index contributed by atoms with van der Waals surface area (Å²) < 4.78 is 36.3. The molecule has 1 atom stereocenters. The summed E-state index contributed by atoms with van der Waals surface area (Å²) in [6.07, 6.45) is 3.60. The standard InChI is InChI=1S/C27H28F2N4O5/c1-16(34)33-9-8-32(20-6-7-23(38-27(28)29)24(11-20)37-15-17-2-3-17)14-22(33)26(36)30-12-18-4-5-19-13-31-25(35)21(19)10-18/h4-7,10-11,13,17,22,27H,2-3,8-9,12,14-15H2,1H3,(H,30,36). The second-order valence-corrected chi connectivity index (χ2v) is 9.64. The molecular formula is C27H28F2N4O5. The summed E-state index contributed by atoms with van der Waals surface area (Å²) >= 11 is 0. The first-order valence-electron chi connectivity index (χ1n) is 12.5. The molecule has 2 aliphatic heterocycles. The highest BCUT2D eigenvalue weighted by Crippen LogP contribution is 2.36. The van der Waals surface area contributed by atoms with Crippen LogP contribution in [0.2, 0.25) is 0 Å². The van der Waals surface area contributed by atoms with Crippen molar-refractivity contribution >= 4 is 29.6 Å². The third-order valence-corrected chi connectivity index (χ3v) is 6.90. The Morgan fingerprint density at radius 2 is 1.95 bits per heavy atom. The Bertz CT molecular complexity index is 1280. The molecule has 11 heteroatoms. The van der Waals surface area contributed by atoms with Gasteiger partial charge in [0.1, 0.15) is 6.04 Å². The fraction of sp³-hybridized carbons (Fsp3) is 0.407. The minimum atomic E-state index is -2.98. The SMILES string of the molecule is CC(=O)N1CCN(c2ccc(OC(F)F)c(OCC3CC3)c2)CC1C(=O)NCc1ccc2c(c1)C(=O)N=C2. The lowest BCUT2D eigenvalue weighted by atomic mass is 10.1. The van der Waals surface area contributed by atoms with E-state index in [9.17, 15) is 23.2 Å². The van der Waals surface area contributed by atoms with Crippen molar-refractivity contribution in [3.05, 3.63) is 53.1 Å². The van der Waals surface area contributed by atoms with Crippen molar-refractivity contribution in [3.63, 3.8) is 0 Å². The highest BCUT2D eigenvalue weighted by atomic mass is 19.3. The lowest BCUT2D eigenvalue weighted by molar-refractivity contribution is -0.139. The predicted octanol–water partition coefficient (Wildman–Crippen LogP) is 3.00. The fourth-order valence-corrected chi connectivity index (χ4v) is 4.63. The van der Waals surface area contributed by atoms with Gasteiger partial charge in [-0.05, 0) is 42.5 Å². The molecule has 3 amide bonds. The number of halogens is 2. The van der Waals surface area contributed by atoms with E-state index in [2.05, 4.69) is 15.0 Å². The van der Waals surface area contributed by atoms with Gasteiger partial charge in [-0.3, -0.25) is 14.4 Å². The maximum absolute atomic E-state index is 13.2. The van der Waals surface area contributed by atoms with E-state index in [1.165, 1.54) is 24.1 Å². The van der Waals surface area contributed by atoms with Crippen molar-refractivity contribution in [2.24, 2.45) is 10.9 Å². The molecule has 38 heavy (non-hydrogen) atoms. The fourth-order valence-electron chi connectivity index (χ4n) is 4.63. The quantitative estimate of drug-likeness (QED) is 0.539. The van der Waals surface area contributed by atoms with Gasteiger partial charge in [-0.2, -0.15) is 8.78 Å². The first kappa shape index (κ1) is 25.6. The van der Waals surface area contributed by atoms with Crippen LogP contribution in [-0.2, 0) is 16.1 Å². The summed E-state index contributed by atoms with van der Waals surface area (Å²) in [4.78, 5) is 44.6. The van der Waals surface area contributed by atoms with E-state index in [1.807, 2.05) is 11.0 Å². The normalized spacial score (nSPS) is 18.5. The Balaban J connectivity index is 1.29. The molecule has 1 unspecified atom stereocenters.